The van der Waals surface area contributed by atoms with Crippen molar-refractivity contribution in [1.82, 2.24) is 9.97 Å². The van der Waals surface area contributed by atoms with Gasteiger partial charge in [0.25, 0.3) is 0 Å². The maximum Gasteiger partial charge on any atom is 0.224 e. The molecule has 5 heteroatoms. The summed E-state index contributed by atoms with van der Waals surface area (Å²) in [4.78, 5) is 8.34. The first-order valence-electron chi connectivity index (χ1n) is 5.65. The molecule has 0 aliphatic carbocycles. The predicted octanol–water partition coefficient (Wildman–Crippen LogP) is 3.02. The van der Waals surface area contributed by atoms with Crippen LogP contribution in [0.3, 0.4) is 0 Å². The Morgan fingerprint density at radius 1 is 1.17 bits per heavy atom. The van der Waals surface area contributed by atoms with Gasteiger partial charge in [-0.15, -0.1) is 0 Å². The molecule has 0 bridgehead atoms. The zero-order valence-corrected chi connectivity index (χ0v) is 10.6. The van der Waals surface area contributed by atoms with Crippen molar-refractivity contribution in [2.75, 3.05) is 17.7 Å². The number of halogens is 1. The summed E-state index contributed by atoms with van der Waals surface area (Å²) in [5.74, 6) is 0.830. The summed E-state index contributed by atoms with van der Waals surface area (Å²) in [7, 11) is 1.74. The molecule has 94 valence electrons. The Bertz CT molecular complexity index is 569. The second-order valence-electron chi connectivity index (χ2n) is 4.04. The monoisotopic (exact) mass is 246 g/mol. The second-order valence-corrected chi connectivity index (χ2v) is 4.04. The fraction of sp³-hybridized carbons (Fsp3) is 0.231. The van der Waals surface area contributed by atoms with Crippen LogP contribution in [0.2, 0.25) is 0 Å². The number of nitrogens with one attached hydrogen (secondary N) is 2. The van der Waals surface area contributed by atoms with E-state index in [1.165, 1.54) is 0 Å². The highest BCUT2D eigenvalue weighted by molar-refractivity contribution is 5.61. The molecule has 2 rings (SSSR count). The van der Waals surface area contributed by atoms with Gasteiger partial charge < -0.3 is 10.6 Å². The number of anilines is 3. The van der Waals surface area contributed by atoms with Gasteiger partial charge in [-0.1, -0.05) is 12.1 Å². The average Bonchev–Trinajstić information content (AvgIpc) is 2.37. The lowest BCUT2D eigenvalue weighted by molar-refractivity contribution is 0.622. The van der Waals surface area contributed by atoms with Crippen LogP contribution in [-0.4, -0.2) is 17.0 Å². The molecule has 2 aromatic rings. The maximum atomic E-state index is 13.9. The van der Waals surface area contributed by atoms with Crippen LogP contribution in [0.1, 0.15) is 11.1 Å². The number of benzene rings is 1. The van der Waals surface area contributed by atoms with E-state index in [1.54, 1.807) is 38.4 Å². The Morgan fingerprint density at radius 3 is 2.67 bits per heavy atom. The Hall–Kier alpha value is -2.17. The molecule has 0 atom stereocenters. The van der Waals surface area contributed by atoms with Crippen LogP contribution in [0.15, 0.2) is 24.4 Å². The van der Waals surface area contributed by atoms with Gasteiger partial charge >= 0.3 is 0 Å². The number of rotatable bonds is 3. The highest BCUT2D eigenvalue weighted by Gasteiger charge is 2.08. The van der Waals surface area contributed by atoms with E-state index in [0.29, 0.717) is 23.0 Å². The molecule has 0 unspecified atom stereocenters. The van der Waals surface area contributed by atoms with Crippen LogP contribution in [0.25, 0.3) is 0 Å². The van der Waals surface area contributed by atoms with Crippen LogP contribution in [0, 0.1) is 19.7 Å². The van der Waals surface area contributed by atoms with E-state index in [9.17, 15) is 4.39 Å². The molecule has 0 amide bonds. The molecule has 0 aliphatic rings. The third-order valence-corrected chi connectivity index (χ3v) is 2.64. The smallest absolute Gasteiger partial charge is 0.224 e. The Morgan fingerprint density at radius 2 is 1.94 bits per heavy atom. The standard InChI is InChI=1S/C13H15FN4/c1-8-5-4-6-10(11(8)14)17-12-9(2)7-16-13(15-3)18-12/h4-7H,1-3H3,(H2,15,16,17,18). The third kappa shape index (κ3) is 2.40. The quantitative estimate of drug-likeness (QED) is 0.874. The minimum Gasteiger partial charge on any atom is -0.357 e. The van der Waals surface area contributed by atoms with Crippen molar-refractivity contribution in [3.8, 4) is 0 Å². The summed E-state index contributed by atoms with van der Waals surface area (Å²) < 4.78 is 13.9. The summed E-state index contributed by atoms with van der Waals surface area (Å²) in [5.41, 5.74) is 1.87. The molecule has 18 heavy (non-hydrogen) atoms. The fourth-order valence-corrected chi connectivity index (χ4v) is 1.56. The van der Waals surface area contributed by atoms with E-state index in [2.05, 4.69) is 20.6 Å². The number of aromatic nitrogens is 2. The van der Waals surface area contributed by atoms with E-state index in [0.717, 1.165) is 5.56 Å². The summed E-state index contributed by atoms with van der Waals surface area (Å²) >= 11 is 0. The summed E-state index contributed by atoms with van der Waals surface area (Å²) in [6, 6.07) is 5.21. The first-order valence-corrected chi connectivity index (χ1v) is 5.65. The normalized spacial score (nSPS) is 10.2. The third-order valence-electron chi connectivity index (χ3n) is 2.64. The van der Waals surface area contributed by atoms with E-state index in [1.807, 2.05) is 6.92 Å². The Balaban J connectivity index is 2.36. The summed E-state index contributed by atoms with van der Waals surface area (Å²) in [6.07, 6.45) is 1.69. The zero-order chi connectivity index (χ0) is 13.1. The fourth-order valence-electron chi connectivity index (χ4n) is 1.56. The summed E-state index contributed by atoms with van der Waals surface area (Å²) in [5, 5.41) is 5.84. The number of hydrogen-bond donors (Lipinski definition) is 2. The number of aryl methyl sites for hydroxylation is 2. The van der Waals surface area contributed by atoms with E-state index in [4.69, 9.17) is 0 Å². The first kappa shape index (κ1) is 12.3. The van der Waals surface area contributed by atoms with E-state index >= 15 is 0 Å². The zero-order valence-electron chi connectivity index (χ0n) is 10.6. The molecular weight excluding hydrogens is 231 g/mol. The first-order chi connectivity index (χ1) is 8.61. The average molecular weight is 246 g/mol. The molecule has 1 heterocycles. The van der Waals surface area contributed by atoms with Crippen molar-refractivity contribution in [3.63, 3.8) is 0 Å². The molecular formula is C13H15FN4. The lowest BCUT2D eigenvalue weighted by Crippen LogP contribution is -2.03. The summed E-state index contributed by atoms with van der Waals surface area (Å²) in [6.45, 7) is 3.60. The van der Waals surface area contributed by atoms with Gasteiger partial charge in [0.2, 0.25) is 5.95 Å². The second kappa shape index (κ2) is 5.00. The van der Waals surface area contributed by atoms with Crippen molar-refractivity contribution in [2.45, 2.75) is 13.8 Å². The van der Waals surface area contributed by atoms with Gasteiger partial charge in [0.05, 0.1) is 5.69 Å². The van der Waals surface area contributed by atoms with E-state index < -0.39 is 0 Å². The van der Waals surface area contributed by atoms with Gasteiger partial charge in [-0.2, -0.15) is 4.98 Å². The number of nitrogens with zero attached hydrogens (tertiary/aromatic N) is 2. The van der Waals surface area contributed by atoms with Gasteiger partial charge in [-0.3, -0.25) is 0 Å². The predicted molar refractivity (Wildman–Crippen MR) is 70.7 cm³/mol. The van der Waals surface area contributed by atoms with Crippen LogP contribution in [0.5, 0.6) is 0 Å². The van der Waals surface area contributed by atoms with Crippen LogP contribution >= 0.6 is 0 Å². The molecule has 1 aromatic carbocycles. The van der Waals surface area contributed by atoms with Crippen LogP contribution < -0.4 is 10.6 Å². The maximum absolute atomic E-state index is 13.9. The van der Waals surface area contributed by atoms with Crippen molar-refractivity contribution < 1.29 is 4.39 Å². The van der Waals surface area contributed by atoms with Gasteiger partial charge in [-0.05, 0) is 25.5 Å². The topological polar surface area (TPSA) is 49.8 Å². The molecule has 0 fully saturated rings. The van der Waals surface area contributed by atoms with Crippen molar-refractivity contribution in [2.24, 2.45) is 0 Å². The number of hydrogen-bond acceptors (Lipinski definition) is 4. The van der Waals surface area contributed by atoms with Gasteiger partial charge in [0.15, 0.2) is 0 Å². The lowest BCUT2D eigenvalue weighted by atomic mass is 10.2. The molecule has 0 radical (unpaired) electrons. The Labute approximate surface area is 105 Å². The van der Waals surface area contributed by atoms with Gasteiger partial charge in [0.1, 0.15) is 11.6 Å². The minimum absolute atomic E-state index is 0.262. The van der Waals surface area contributed by atoms with Gasteiger partial charge in [0, 0.05) is 18.8 Å². The lowest BCUT2D eigenvalue weighted by Gasteiger charge is -2.11. The van der Waals surface area contributed by atoms with Crippen molar-refractivity contribution in [1.29, 1.82) is 0 Å². The Kier molecular flexibility index (Phi) is 3.41. The minimum atomic E-state index is -0.262. The van der Waals surface area contributed by atoms with Crippen molar-refractivity contribution in [3.05, 3.63) is 41.3 Å². The highest BCUT2D eigenvalue weighted by Crippen LogP contribution is 2.23. The molecule has 4 nitrogen and oxygen atoms in total. The van der Waals surface area contributed by atoms with E-state index in [-0.39, 0.29) is 5.82 Å². The van der Waals surface area contributed by atoms with Crippen LogP contribution in [-0.2, 0) is 0 Å². The van der Waals surface area contributed by atoms with Crippen LogP contribution in [0.4, 0.5) is 21.8 Å². The molecule has 2 N–H and O–H groups in total. The SMILES string of the molecule is CNc1ncc(C)c(Nc2cccc(C)c2F)n1. The largest absolute Gasteiger partial charge is 0.357 e. The molecule has 1 aromatic heterocycles. The van der Waals surface area contributed by atoms with Gasteiger partial charge in [-0.25, -0.2) is 9.37 Å². The highest BCUT2D eigenvalue weighted by atomic mass is 19.1. The van der Waals surface area contributed by atoms with Crippen molar-refractivity contribution >= 4 is 17.5 Å². The molecule has 0 spiro atoms. The molecule has 0 saturated carbocycles. The molecule has 0 saturated heterocycles. The molecule has 0 aliphatic heterocycles.